The summed E-state index contributed by atoms with van der Waals surface area (Å²) < 4.78 is 0. The summed E-state index contributed by atoms with van der Waals surface area (Å²) in [5.41, 5.74) is 5.83. The van der Waals surface area contributed by atoms with Gasteiger partial charge in [-0.3, -0.25) is 9.59 Å². The first-order valence-corrected chi connectivity index (χ1v) is 13.7. The van der Waals surface area contributed by atoms with Gasteiger partial charge in [0.25, 0.3) is 5.91 Å². The molecule has 2 aromatic rings. The van der Waals surface area contributed by atoms with E-state index >= 15 is 0 Å². The molecule has 194 valence electrons. The number of nitrogens with zero attached hydrogens (tertiary/aromatic N) is 1. The third kappa shape index (κ3) is 4.89. The molecule has 5 atom stereocenters. The molecule has 5 heteroatoms. The van der Waals surface area contributed by atoms with Gasteiger partial charge in [0.1, 0.15) is 0 Å². The lowest BCUT2D eigenvalue weighted by Gasteiger charge is -2.48. The number of carbonyl (C=O) groups is 2. The number of allylic oxidation sites excluding steroid dienone is 4. The Morgan fingerprint density at radius 2 is 1.84 bits per heavy atom. The van der Waals surface area contributed by atoms with Crippen LogP contribution in [-0.4, -0.2) is 40.5 Å². The Morgan fingerprint density at radius 3 is 2.57 bits per heavy atom. The molecule has 5 rings (SSSR count). The topological polar surface area (TPSA) is 69.6 Å². The second-order valence-electron chi connectivity index (χ2n) is 11.0. The second kappa shape index (κ2) is 10.7. The number of hydrogen-bond donors (Lipinski definition) is 2. The van der Waals surface area contributed by atoms with Gasteiger partial charge in [-0.15, -0.1) is 0 Å². The Labute approximate surface area is 220 Å². The lowest BCUT2D eigenvalue weighted by atomic mass is 9.75. The van der Waals surface area contributed by atoms with Gasteiger partial charge in [-0.2, -0.15) is 0 Å². The van der Waals surface area contributed by atoms with E-state index < -0.39 is 18.1 Å². The summed E-state index contributed by atoms with van der Waals surface area (Å²) in [6, 6.07) is 13.0. The predicted molar refractivity (Wildman–Crippen MR) is 146 cm³/mol. The summed E-state index contributed by atoms with van der Waals surface area (Å²) in [5, 5.41) is 14.3. The summed E-state index contributed by atoms with van der Waals surface area (Å²) in [4.78, 5) is 30.0. The highest BCUT2D eigenvalue weighted by Gasteiger charge is 2.48. The SMILES string of the molecule is CC1=CC=CC1CCNC(=O)[C@@H]1c2ccccc2C(=O)N([C@H]2CCCCC2O)C1c1ccc(C)cc1C. The van der Waals surface area contributed by atoms with Crippen molar-refractivity contribution in [2.45, 2.75) is 77.0 Å². The van der Waals surface area contributed by atoms with Crippen molar-refractivity contribution in [3.05, 3.63) is 94.1 Å². The summed E-state index contributed by atoms with van der Waals surface area (Å²) in [6.07, 6.45) is 9.97. The summed E-state index contributed by atoms with van der Waals surface area (Å²) in [7, 11) is 0. The van der Waals surface area contributed by atoms with Crippen LogP contribution in [0.3, 0.4) is 0 Å². The molecule has 0 spiro atoms. The van der Waals surface area contributed by atoms with Crippen molar-refractivity contribution in [2.24, 2.45) is 5.92 Å². The van der Waals surface area contributed by atoms with Crippen LogP contribution in [0.15, 0.2) is 66.3 Å². The maximum Gasteiger partial charge on any atom is 0.255 e. The minimum atomic E-state index is -0.594. The van der Waals surface area contributed by atoms with Crippen molar-refractivity contribution in [3.8, 4) is 0 Å². The second-order valence-corrected chi connectivity index (χ2v) is 11.0. The zero-order chi connectivity index (χ0) is 26.1. The van der Waals surface area contributed by atoms with Gasteiger partial charge in [0, 0.05) is 12.1 Å². The monoisotopic (exact) mass is 498 g/mol. The predicted octanol–water partition coefficient (Wildman–Crippen LogP) is 5.53. The van der Waals surface area contributed by atoms with Crippen LogP contribution in [0, 0.1) is 19.8 Å². The Bertz CT molecular complexity index is 1250. The lowest BCUT2D eigenvalue weighted by molar-refractivity contribution is -0.125. The van der Waals surface area contributed by atoms with E-state index in [1.807, 2.05) is 29.2 Å². The lowest BCUT2D eigenvalue weighted by Crippen LogP contribution is -2.55. The number of amides is 2. The minimum Gasteiger partial charge on any atom is -0.391 e. The summed E-state index contributed by atoms with van der Waals surface area (Å²) in [5.74, 6) is -0.360. The molecule has 3 aliphatic rings. The highest BCUT2D eigenvalue weighted by Crippen LogP contribution is 2.46. The smallest absolute Gasteiger partial charge is 0.255 e. The fourth-order valence-corrected chi connectivity index (χ4v) is 6.51. The molecule has 1 heterocycles. The summed E-state index contributed by atoms with van der Waals surface area (Å²) >= 11 is 0. The van der Waals surface area contributed by atoms with E-state index in [1.165, 1.54) is 5.57 Å². The van der Waals surface area contributed by atoms with Crippen molar-refractivity contribution >= 4 is 11.8 Å². The van der Waals surface area contributed by atoms with Gasteiger partial charge in [0.2, 0.25) is 5.91 Å². The molecular weight excluding hydrogens is 460 g/mol. The first kappa shape index (κ1) is 25.5. The molecule has 1 fully saturated rings. The Morgan fingerprint density at radius 1 is 1.05 bits per heavy atom. The number of fused-ring (bicyclic) bond motifs is 1. The minimum absolute atomic E-state index is 0.0659. The molecule has 37 heavy (non-hydrogen) atoms. The maximum absolute atomic E-state index is 14.1. The van der Waals surface area contributed by atoms with E-state index in [9.17, 15) is 14.7 Å². The molecule has 3 unspecified atom stereocenters. The molecular formula is C32H38N2O3. The molecule has 2 aliphatic carbocycles. The molecule has 1 aliphatic heterocycles. The highest BCUT2D eigenvalue weighted by molar-refractivity contribution is 6.01. The average Bonchev–Trinajstić information content (AvgIpc) is 3.29. The number of nitrogens with one attached hydrogen (secondary N) is 1. The van der Waals surface area contributed by atoms with Crippen LogP contribution in [0.1, 0.15) is 83.6 Å². The maximum atomic E-state index is 14.1. The molecule has 1 saturated carbocycles. The van der Waals surface area contributed by atoms with Crippen LogP contribution in [-0.2, 0) is 4.79 Å². The van der Waals surface area contributed by atoms with Crippen molar-refractivity contribution in [2.75, 3.05) is 6.54 Å². The fraction of sp³-hybridized carbons (Fsp3) is 0.438. The molecule has 0 bridgehead atoms. The zero-order valence-corrected chi connectivity index (χ0v) is 22.1. The van der Waals surface area contributed by atoms with Crippen molar-refractivity contribution in [1.29, 1.82) is 0 Å². The van der Waals surface area contributed by atoms with Crippen LogP contribution in [0.2, 0.25) is 0 Å². The van der Waals surface area contributed by atoms with Gasteiger partial charge < -0.3 is 15.3 Å². The van der Waals surface area contributed by atoms with Crippen molar-refractivity contribution in [3.63, 3.8) is 0 Å². The number of aliphatic hydroxyl groups is 1. The quantitative estimate of drug-likeness (QED) is 0.551. The Hall–Kier alpha value is -3.18. The van der Waals surface area contributed by atoms with Gasteiger partial charge in [0.15, 0.2) is 0 Å². The Balaban J connectivity index is 1.56. The molecule has 0 saturated heterocycles. The van der Waals surface area contributed by atoms with Gasteiger partial charge in [-0.1, -0.05) is 78.6 Å². The number of rotatable bonds is 6. The first-order chi connectivity index (χ1) is 17.9. The van der Waals surface area contributed by atoms with Crippen LogP contribution in [0.5, 0.6) is 0 Å². The van der Waals surface area contributed by atoms with Crippen LogP contribution in [0.25, 0.3) is 0 Å². The van der Waals surface area contributed by atoms with E-state index in [2.05, 4.69) is 62.5 Å². The van der Waals surface area contributed by atoms with Crippen LogP contribution < -0.4 is 5.32 Å². The standard InChI is InChI=1S/C32H38N2O3/c1-20-15-16-24(22(3)19-20)30-29(31(36)33-18-17-23-10-8-9-21(23)2)25-11-4-5-12-26(25)32(37)34(30)27-13-6-7-14-28(27)35/h4-5,8-12,15-16,19,23,27-30,35H,6-7,13-14,17-18H2,1-3H3,(H,33,36)/t23?,27-,28?,29+,30?/m0/s1. The van der Waals surface area contributed by atoms with E-state index in [1.54, 1.807) is 0 Å². The Kier molecular flexibility index (Phi) is 7.34. The molecule has 2 N–H and O–H groups in total. The van der Waals surface area contributed by atoms with E-state index in [4.69, 9.17) is 0 Å². The number of carbonyl (C=O) groups excluding carboxylic acids is 2. The van der Waals surface area contributed by atoms with Gasteiger partial charge >= 0.3 is 0 Å². The largest absolute Gasteiger partial charge is 0.391 e. The molecule has 0 aromatic heterocycles. The molecule has 0 radical (unpaired) electrons. The van der Waals surface area contributed by atoms with E-state index in [0.717, 1.165) is 47.9 Å². The third-order valence-corrected chi connectivity index (χ3v) is 8.50. The van der Waals surface area contributed by atoms with Crippen molar-refractivity contribution in [1.82, 2.24) is 10.2 Å². The van der Waals surface area contributed by atoms with Crippen LogP contribution >= 0.6 is 0 Å². The number of hydrogen-bond acceptors (Lipinski definition) is 3. The summed E-state index contributed by atoms with van der Waals surface area (Å²) in [6.45, 7) is 6.80. The normalized spacial score (nSPS) is 27.1. The number of aryl methyl sites for hydroxylation is 2. The number of benzene rings is 2. The average molecular weight is 499 g/mol. The molecule has 5 nitrogen and oxygen atoms in total. The van der Waals surface area contributed by atoms with Crippen molar-refractivity contribution < 1.29 is 14.7 Å². The first-order valence-electron chi connectivity index (χ1n) is 13.7. The number of aliphatic hydroxyl groups excluding tert-OH is 1. The van der Waals surface area contributed by atoms with Gasteiger partial charge in [-0.25, -0.2) is 0 Å². The fourth-order valence-electron chi connectivity index (χ4n) is 6.51. The van der Waals surface area contributed by atoms with E-state index in [-0.39, 0.29) is 17.9 Å². The molecule has 2 aromatic carbocycles. The highest BCUT2D eigenvalue weighted by atomic mass is 16.3. The van der Waals surface area contributed by atoms with Gasteiger partial charge in [-0.05, 0) is 68.7 Å². The van der Waals surface area contributed by atoms with E-state index in [0.29, 0.717) is 24.4 Å². The zero-order valence-electron chi connectivity index (χ0n) is 22.1. The molecule has 2 amide bonds. The van der Waals surface area contributed by atoms with Gasteiger partial charge in [0.05, 0.1) is 24.1 Å². The third-order valence-electron chi connectivity index (χ3n) is 8.50. The van der Waals surface area contributed by atoms with Crippen LogP contribution in [0.4, 0.5) is 0 Å².